The van der Waals surface area contributed by atoms with Crippen molar-refractivity contribution in [3.05, 3.63) is 53.8 Å². The van der Waals surface area contributed by atoms with Crippen LogP contribution in [0, 0.1) is 5.82 Å². The van der Waals surface area contributed by atoms with Crippen LogP contribution in [0.15, 0.2) is 42.5 Å². The Balaban J connectivity index is 2.11. The number of halogens is 1. The minimum absolute atomic E-state index is 0.184. The molecule has 0 saturated heterocycles. The van der Waals surface area contributed by atoms with Crippen molar-refractivity contribution in [3.8, 4) is 11.1 Å². The third kappa shape index (κ3) is 1.91. The number of fused-ring (bicyclic) bond motifs is 1. The van der Waals surface area contributed by atoms with Crippen LogP contribution in [0.2, 0.25) is 0 Å². The summed E-state index contributed by atoms with van der Waals surface area (Å²) in [6.07, 6.45) is 2.25. The lowest BCUT2D eigenvalue weighted by atomic mass is 9.93. The number of nitrogens with one attached hydrogen (secondary N) is 1. The normalized spacial score (nSPS) is 13.9. The Morgan fingerprint density at radius 3 is 2.65 bits per heavy atom. The van der Waals surface area contributed by atoms with E-state index in [1.807, 2.05) is 12.1 Å². The van der Waals surface area contributed by atoms with Crippen LogP contribution in [0.3, 0.4) is 0 Å². The van der Waals surface area contributed by atoms with Gasteiger partial charge in [-0.25, -0.2) is 4.39 Å². The molecule has 0 radical (unpaired) electrons. The molecule has 0 spiro atoms. The van der Waals surface area contributed by atoms with E-state index in [1.165, 1.54) is 28.9 Å². The fourth-order valence-corrected chi connectivity index (χ4v) is 2.41. The van der Waals surface area contributed by atoms with Crippen LogP contribution in [0.1, 0.15) is 12.0 Å². The lowest BCUT2D eigenvalue weighted by Crippen LogP contribution is -2.12. The molecule has 17 heavy (non-hydrogen) atoms. The standard InChI is InChI=1S/C15H14FN/c16-12-8-6-11(7-9-12)13-3-1-5-15-14(13)4-2-10-17-15/h1,3,5-9,17H,2,4,10H2. The lowest BCUT2D eigenvalue weighted by Gasteiger charge is -2.21. The van der Waals surface area contributed by atoms with Gasteiger partial charge in [-0.2, -0.15) is 0 Å². The number of anilines is 1. The van der Waals surface area contributed by atoms with Gasteiger partial charge in [0.1, 0.15) is 5.82 Å². The molecule has 0 amide bonds. The second-order valence-electron chi connectivity index (χ2n) is 4.37. The van der Waals surface area contributed by atoms with Crippen LogP contribution in [-0.2, 0) is 6.42 Å². The highest BCUT2D eigenvalue weighted by Gasteiger charge is 2.13. The van der Waals surface area contributed by atoms with E-state index in [-0.39, 0.29) is 5.82 Å². The average molecular weight is 227 g/mol. The first-order valence-corrected chi connectivity index (χ1v) is 5.96. The third-order valence-electron chi connectivity index (χ3n) is 3.25. The molecule has 0 atom stereocenters. The van der Waals surface area contributed by atoms with Gasteiger partial charge < -0.3 is 5.32 Å². The van der Waals surface area contributed by atoms with Crippen LogP contribution >= 0.6 is 0 Å². The maximum absolute atomic E-state index is 12.9. The maximum atomic E-state index is 12.9. The zero-order valence-electron chi connectivity index (χ0n) is 9.54. The summed E-state index contributed by atoms with van der Waals surface area (Å²) in [6, 6.07) is 13.0. The molecule has 1 N–H and O–H groups in total. The first-order chi connectivity index (χ1) is 8.34. The molecule has 1 aliphatic heterocycles. The molecule has 0 saturated carbocycles. The summed E-state index contributed by atoms with van der Waals surface area (Å²) >= 11 is 0. The number of rotatable bonds is 1. The minimum atomic E-state index is -0.184. The fraction of sp³-hybridized carbons (Fsp3) is 0.200. The van der Waals surface area contributed by atoms with E-state index in [1.54, 1.807) is 0 Å². The Labute approximate surface area is 100 Å². The van der Waals surface area contributed by atoms with Gasteiger partial charge in [-0.1, -0.05) is 24.3 Å². The quantitative estimate of drug-likeness (QED) is 0.780. The molecule has 1 nitrogen and oxygen atoms in total. The summed E-state index contributed by atoms with van der Waals surface area (Å²) in [5, 5.41) is 3.41. The average Bonchev–Trinajstić information content (AvgIpc) is 2.39. The number of hydrogen-bond acceptors (Lipinski definition) is 1. The van der Waals surface area contributed by atoms with E-state index in [4.69, 9.17) is 0 Å². The van der Waals surface area contributed by atoms with E-state index in [9.17, 15) is 4.39 Å². The van der Waals surface area contributed by atoms with Gasteiger partial charge in [0.25, 0.3) is 0 Å². The van der Waals surface area contributed by atoms with Gasteiger partial charge in [-0.15, -0.1) is 0 Å². The Hall–Kier alpha value is -1.83. The summed E-state index contributed by atoms with van der Waals surface area (Å²) < 4.78 is 12.9. The van der Waals surface area contributed by atoms with Gasteiger partial charge in [-0.3, -0.25) is 0 Å². The van der Waals surface area contributed by atoms with E-state index in [0.717, 1.165) is 24.9 Å². The van der Waals surface area contributed by atoms with Crippen molar-refractivity contribution < 1.29 is 4.39 Å². The highest BCUT2D eigenvalue weighted by atomic mass is 19.1. The van der Waals surface area contributed by atoms with E-state index in [0.29, 0.717) is 0 Å². The number of hydrogen-bond donors (Lipinski definition) is 1. The molecule has 86 valence electrons. The van der Waals surface area contributed by atoms with Gasteiger partial charge >= 0.3 is 0 Å². The summed E-state index contributed by atoms with van der Waals surface area (Å²) in [5.74, 6) is -0.184. The zero-order chi connectivity index (χ0) is 11.7. The van der Waals surface area contributed by atoms with Crippen molar-refractivity contribution in [2.45, 2.75) is 12.8 Å². The molecule has 2 aromatic rings. The molecule has 2 aromatic carbocycles. The second-order valence-corrected chi connectivity index (χ2v) is 4.37. The Bertz CT molecular complexity index is 531. The van der Waals surface area contributed by atoms with Crippen molar-refractivity contribution in [2.24, 2.45) is 0 Å². The summed E-state index contributed by atoms with van der Waals surface area (Å²) in [4.78, 5) is 0. The van der Waals surface area contributed by atoms with Gasteiger partial charge in [0.05, 0.1) is 0 Å². The van der Waals surface area contributed by atoms with E-state index in [2.05, 4.69) is 23.5 Å². The van der Waals surface area contributed by atoms with Crippen LogP contribution in [0.4, 0.5) is 10.1 Å². The smallest absolute Gasteiger partial charge is 0.123 e. The summed E-state index contributed by atoms with van der Waals surface area (Å²) in [5.41, 5.74) is 4.88. The van der Waals surface area contributed by atoms with Gasteiger partial charge in [0, 0.05) is 12.2 Å². The summed E-state index contributed by atoms with van der Waals surface area (Å²) in [7, 11) is 0. The minimum Gasteiger partial charge on any atom is -0.385 e. The van der Waals surface area contributed by atoms with Crippen LogP contribution in [0.5, 0.6) is 0 Å². The molecule has 0 fully saturated rings. The molecule has 0 aromatic heterocycles. The third-order valence-corrected chi connectivity index (χ3v) is 3.25. The number of benzene rings is 2. The fourth-order valence-electron chi connectivity index (χ4n) is 2.41. The Kier molecular flexibility index (Phi) is 2.56. The van der Waals surface area contributed by atoms with Crippen LogP contribution in [0.25, 0.3) is 11.1 Å². The first-order valence-electron chi connectivity index (χ1n) is 5.96. The van der Waals surface area contributed by atoms with Crippen molar-refractivity contribution in [1.29, 1.82) is 0 Å². The predicted molar refractivity (Wildman–Crippen MR) is 68.6 cm³/mol. The van der Waals surface area contributed by atoms with E-state index < -0.39 is 0 Å². The van der Waals surface area contributed by atoms with Crippen molar-refractivity contribution in [1.82, 2.24) is 0 Å². The molecule has 0 unspecified atom stereocenters. The monoisotopic (exact) mass is 227 g/mol. The topological polar surface area (TPSA) is 12.0 Å². The molecular weight excluding hydrogens is 213 g/mol. The molecule has 3 rings (SSSR count). The molecule has 0 bridgehead atoms. The zero-order valence-corrected chi connectivity index (χ0v) is 9.54. The van der Waals surface area contributed by atoms with Crippen molar-refractivity contribution >= 4 is 5.69 Å². The Morgan fingerprint density at radius 2 is 1.82 bits per heavy atom. The van der Waals surface area contributed by atoms with Crippen molar-refractivity contribution in [3.63, 3.8) is 0 Å². The SMILES string of the molecule is Fc1ccc(-c2cccc3c2CCCN3)cc1. The summed E-state index contributed by atoms with van der Waals surface area (Å²) in [6.45, 7) is 1.04. The predicted octanol–water partition coefficient (Wildman–Crippen LogP) is 3.85. The largest absolute Gasteiger partial charge is 0.385 e. The van der Waals surface area contributed by atoms with E-state index >= 15 is 0 Å². The first kappa shape index (κ1) is 10.3. The van der Waals surface area contributed by atoms with Crippen LogP contribution in [-0.4, -0.2) is 6.54 Å². The van der Waals surface area contributed by atoms with Gasteiger partial charge in [0.15, 0.2) is 0 Å². The highest BCUT2D eigenvalue weighted by molar-refractivity contribution is 5.74. The van der Waals surface area contributed by atoms with Gasteiger partial charge in [0.2, 0.25) is 0 Å². The molecular formula is C15H14FN. The van der Waals surface area contributed by atoms with Crippen molar-refractivity contribution in [2.75, 3.05) is 11.9 Å². The Morgan fingerprint density at radius 1 is 1.00 bits per heavy atom. The molecule has 0 aliphatic carbocycles. The van der Waals surface area contributed by atoms with Gasteiger partial charge in [-0.05, 0) is 47.7 Å². The lowest BCUT2D eigenvalue weighted by molar-refractivity contribution is 0.628. The molecule has 1 heterocycles. The second kappa shape index (κ2) is 4.21. The highest BCUT2D eigenvalue weighted by Crippen LogP contribution is 2.32. The maximum Gasteiger partial charge on any atom is 0.123 e. The molecule has 2 heteroatoms. The van der Waals surface area contributed by atoms with Crippen LogP contribution < -0.4 is 5.32 Å². The molecule has 1 aliphatic rings.